The maximum Gasteiger partial charge on any atom is 0.140 e. The summed E-state index contributed by atoms with van der Waals surface area (Å²) in [6, 6.07) is 11.7. The van der Waals surface area contributed by atoms with E-state index in [1.807, 2.05) is 48.1 Å². The molecule has 0 aliphatic rings. The first kappa shape index (κ1) is 11.3. The van der Waals surface area contributed by atoms with Crippen LogP contribution in [-0.4, -0.2) is 11.2 Å². The third kappa shape index (κ3) is 2.67. The van der Waals surface area contributed by atoms with Crippen LogP contribution in [0.15, 0.2) is 42.7 Å². The summed E-state index contributed by atoms with van der Waals surface area (Å²) in [5, 5.41) is 8.99. The Kier molecular flexibility index (Phi) is 3.46. The maximum absolute atomic E-state index is 8.99. The lowest BCUT2D eigenvalue weighted by Crippen LogP contribution is -2.07. The predicted octanol–water partition coefficient (Wildman–Crippen LogP) is 2.75. The minimum Gasteiger partial charge on any atom is -0.490 e. The Hall–Kier alpha value is -2.21. The largest absolute Gasteiger partial charge is 0.490 e. The van der Waals surface area contributed by atoms with Gasteiger partial charge in [0.05, 0.1) is 12.1 Å². The average molecular weight is 226 g/mol. The Labute approximate surface area is 101 Å². The molecular weight excluding hydrogens is 212 g/mol. The number of aromatic nitrogens is 1. The molecule has 0 saturated heterocycles. The zero-order valence-corrected chi connectivity index (χ0v) is 9.76. The van der Waals surface area contributed by atoms with Gasteiger partial charge in [0.2, 0.25) is 0 Å². The monoisotopic (exact) mass is 226 g/mol. The zero-order chi connectivity index (χ0) is 12.1. The van der Waals surface area contributed by atoms with Crippen LogP contribution >= 0.6 is 0 Å². The van der Waals surface area contributed by atoms with Gasteiger partial charge in [-0.3, -0.25) is 0 Å². The van der Waals surface area contributed by atoms with Gasteiger partial charge in [0.25, 0.3) is 0 Å². The molecule has 0 unspecified atom stereocenters. The number of ether oxygens (including phenoxy) is 1. The van der Waals surface area contributed by atoms with E-state index in [1.54, 1.807) is 6.07 Å². The van der Waals surface area contributed by atoms with Crippen LogP contribution in [-0.2, 0) is 6.54 Å². The lowest BCUT2D eigenvalue weighted by atomic mass is 10.1. The molecule has 17 heavy (non-hydrogen) atoms. The van der Waals surface area contributed by atoms with Crippen LogP contribution in [0.1, 0.15) is 11.1 Å². The Balaban J connectivity index is 2.02. The van der Waals surface area contributed by atoms with Gasteiger partial charge in [-0.05, 0) is 30.7 Å². The van der Waals surface area contributed by atoms with Crippen LogP contribution in [0.4, 0.5) is 0 Å². The summed E-state index contributed by atoms with van der Waals surface area (Å²) in [6.07, 6.45) is 3.98. The molecule has 1 aromatic heterocycles. The van der Waals surface area contributed by atoms with Crippen molar-refractivity contribution in [3.8, 4) is 11.8 Å². The van der Waals surface area contributed by atoms with E-state index in [4.69, 9.17) is 10.00 Å². The number of hydrogen-bond acceptors (Lipinski definition) is 2. The van der Waals surface area contributed by atoms with Gasteiger partial charge in [-0.1, -0.05) is 12.1 Å². The van der Waals surface area contributed by atoms with E-state index in [0.717, 1.165) is 12.1 Å². The molecule has 0 radical (unpaired) electrons. The van der Waals surface area contributed by atoms with Crippen molar-refractivity contribution in [2.75, 3.05) is 6.61 Å². The van der Waals surface area contributed by atoms with Crippen LogP contribution in [0, 0.1) is 18.3 Å². The Morgan fingerprint density at radius 3 is 2.71 bits per heavy atom. The molecule has 3 nitrogen and oxygen atoms in total. The van der Waals surface area contributed by atoms with E-state index < -0.39 is 0 Å². The van der Waals surface area contributed by atoms with Crippen LogP contribution in [0.25, 0.3) is 0 Å². The summed E-state index contributed by atoms with van der Waals surface area (Å²) in [6.45, 7) is 3.30. The smallest absolute Gasteiger partial charge is 0.140 e. The first-order valence-electron chi connectivity index (χ1n) is 5.54. The molecular formula is C14H14N2O. The van der Waals surface area contributed by atoms with Gasteiger partial charge in [-0.15, -0.1) is 0 Å². The normalized spacial score (nSPS) is 9.88. The van der Waals surface area contributed by atoms with E-state index in [-0.39, 0.29) is 0 Å². The molecule has 0 saturated carbocycles. The average Bonchev–Trinajstić information content (AvgIpc) is 2.84. The first-order valence-corrected chi connectivity index (χ1v) is 5.54. The van der Waals surface area contributed by atoms with E-state index >= 15 is 0 Å². The third-order valence-corrected chi connectivity index (χ3v) is 2.59. The van der Waals surface area contributed by atoms with Crippen LogP contribution in [0.3, 0.4) is 0 Å². The van der Waals surface area contributed by atoms with Gasteiger partial charge < -0.3 is 9.30 Å². The highest BCUT2D eigenvalue weighted by atomic mass is 16.5. The molecule has 86 valence electrons. The van der Waals surface area contributed by atoms with Crippen molar-refractivity contribution >= 4 is 0 Å². The standard InChI is InChI=1S/C14H14N2O/c1-12-5-4-6-13(11-15)14(12)17-10-9-16-7-2-3-8-16/h2-8H,9-10H2,1H3. The second-order valence-corrected chi connectivity index (χ2v) is 3.83. The van der Waals surface area contributed by atoms with Crippen molar-refractivity contribution in [2.45, 2.75) is 13.5 Å². The van der Waals surface area contributed by atoms with Gasteiger partial charge in [-0.25, -0.2) is 0 Å². The fourth-order valence-corrected chi connectivity index (χ4v) is 1.70. The summed E-state index contributed by atoms with van der Waals surface area (Å²) < 4.78 is 7.73. The number of nitrogens with zero attached hydrogens (tertiary/aromatic N) is 2. The molecule has 0 aliphatic heterocycles. The first-order chi connectivity index (χ1) is 8.31. The molecule has 0 fully saturated rings. The van der Waals surface area contributed by atoms with Gasteiger partial charge in [-0.2, -0.15) is 5.26 Å². The fourth-order valence-electron chi connectivity index (χ4n) is 1.70. The highest BCUT2D eigenvalue weighted by molar-refractivity contribution is 5.47. The highest BCUT2D eigenvalue weighted by Crippen LogP contribution is 2.22. The molecule has 1 aromatic carbocycles. The van der Waals surface area contributed by atoms with Gasteiger partial charge >= 0.3 is 0 Å². The van der Waals surface area contributed by atoms with Gasteiger partial charge in [0, 0.05) is 12.4 Å². The van der Waals surface area contributed by atoms with Crippen molar-refractivity contribution in [1.82, 2.24) is 4.57 Å². The fraction of sp³-hybridized carbons (Fsp3) is 0.214. The molecule has 0 amide bonds. The Morgan fingerprint density at radius 1 is 1.24 bits per heavy atom. The van der Waals surface area contributed by atoms with Gasteiger partial charge in [0.15, 0.2) is 0 Å². The van der Waals surface area contributed by atoms with E-state index in [9.17, 15) is 0 Å². The van der Waals surface area contributed by atoms with Crippen molar-refractivity contribution in [3.05, 3.63) is 53.9 Å². The molecule has 1 heterocycles. The Bertz CT molecular complexity index is 524. The summed E-state index contributed by atoms with van der Waals surface area (Å²) in [4.78, 5) is 0. The summed E-state index contributed by atoms with van der Waals surface area (Å²) >= 11 is 0. The highest BCUT2D eigenvalue weighted by Gasteiger charge is 2.05. The summed E-state index contributed by atoms with van der Waals surface area (Å²) in [5.41, 5.74) is 1.59. The summed E-state index contributed by atoms with van der Waals surface area (Å²) in [7, 11) is 0. The topological polar surface area (TPSA) is 37.9 Å². The molecule has 3 heteroatoms. The molecule has 2 rings (SSSR count). The second-order valence-electron chi connectivity index (χ2n) is 3.83. The quantitative estimate of drug-likeness (QED) is 0.804. The second kappa shape index (κ2) is 5.22. The van der Waals surface area contributed by atoms with E-state index in [0.29, 0.717) is 17.9 Å². The van der Waals surface area contributed by atoms with Gasteiger partial charge in [0.1, 0.15) is 18.4 Å². The molecule has 0 aliphatic carbocycles. The number of hydrogen-bond donors (Lipinski definition) is 0. The number of benzene rings is 1. The SMILES string of the molecule is Cc1cccc(C#N)c1OCCn1cccc1. The minimum atomic E-state index is 0.564. The van der Waals surface area contributed by atoms with Crippen LogP contribution in [0.2, 0.25) is 0 Å². The van der Waals surface area contributed by atoms with Crippen molar-refractivity contribution in [1.29, 1.82) is 5.26 Å². The lowest BCUT2D eigenvalue weighted by molar-refractivity contribution is 0.296. The molecule has 0 atom stereocenters. The predicted molar refractivity (Wildman–Crippen MR) is 65.8 cm³/mol. The Morgan fingerprint density at radius 2 is 2.00 bits per heavy atom. The maximum atomic E-state index is 8.99. The van der Waals surface area contributed by atoms with Crippen molar-refractivity contribution in [3.63, 3.8) is 0 Å². The van der Waals surface area contributed by atoms with Crippen LogP contribution in [0.5, 0.6) is 5.75 Å². The molecule has 0 spiro atoms. The van der Waals surface area contributed by atoms with Crippen molar-refractivity contribution in [2.24, 2.45) is 0 Å². The molecule has 0 bridgehead atoms. The molecule has 0 N–H and O–H groups in total. The number of para-hydroxylation sites is 1. The summed E-state index contributed by atoms with van der Waals surface area (Å²) in [5.74, 6) is 0.696. The van der Waals surface area contributed by atoms with Crippen molar-refractivity contribution < 1.29 is 4.74 Å². The lowest BCUT2D eigenvalue weighted by Gasteiger charge is -2.10. The number of aryl methyl sites for hydroxylation is 1. The minimum absolute atomic E-state index is 0.564. The third-order valence-electron chi connectivity index (χ3n) is 2.59. The zero-order valence-electron chi connectivity index (χ0n) is 9.76. The van der Waals surface area contributed by atoms with E-state index in [2.05, 4.69) is 6.07 Å². The number of nitriles is 1. The van der Waals surface area contributed by atoms with E-state index in [1.165, 1.54) is 0 Å². The molecule has 2 aromatic rings. The number of rotatable bonds is 4. The van der Waals surface area contributed by atoms with Crippen LogP contribution < -0.4 is 4.74 Å².